The minimum Gasteiger partial charge on any atom is -0.296 e. The van der Waals surface area contributed by atoms with E-state index in [1.807, 2.05) is 0 Å². The normalized spacial score (nSPS) is 10.1. The van der Waals surface area contributed by atoms with Crippen LogP contribution in [0.15, 0.2) is 12.4 Å². The highest BCUT2D eigenvalue weighted by molar-refractivity contribution is 5.70. The third-order valence-corrected chi connectivity index (χ3v) is 1.04. The lowest BCUT2D eigenvalue weighted by molar-refractivity contribution is 0.111. The summed E-state index contributed by atoms with van der Waals surface area (Å²) in [7, 11) is 0. The second kappa shape index (κ2) is 3.14. The van der Waals surface area contributed by atoms with E-state index in [0.29, 0.717) is 6.29 Å². The van der Waals surface area contributed by atoms with E-state index in [0.717, 1.165) is 12.4 Å². The molecule has 0 aliphatic rings. The van der Waals surface area contributed by atoms with Gasteiger partial charge in [0.1, 0.15) is 11.4 Å². The summed E-state index contributed by atoms with van der Waals surface area (Å²) in [5, 5.41) is 0. The summed E-state index contributed by atoms with van der Waals surface area (Å²) in [6, 6.07) is 0. The van der Waals surface area contributed by atoms with Gasteiger partial charge < -0.3 is 0 Å². The molecule has 0 radical (unpaired) electrons. The van der Waals surface area contributed by atoms with E-state index in [1.165, 1.54) is 0 Å². The number of aromatic nitrogens is 2. The fourth-order valence-corrected chi connectivity index (χ4v) is 0.522. The highest BCUT2D eigenvalue weighted by Gasteiger charge is 2.07. The quantitative estimate of drug-likeness (QED) is 0.608. The molecule has 0 unspecified atom stereocenters. The van der Waals surface area contributed by atoms with E-state index in [4.69, 9.17) is 0 Å². The molecule has 0 saturated heterocycles. The Labute approximate surface area is 61.1 Å². The number of alkyl halides is 2. The van der Waals surface area contributed by atoms with Gasteiger partial charge in [-0.05, 0) is 0 Å². The molecule has 1 rings (SSSR count). The van der Waals surface area contributed by atoms with Crippen molar-refractivity contribution >= 4 is 6.29 Å². The first-order chi connectivity index (χ1) is 5.24. The molecule has 1 aromatic rings. The van der Waals surface area contributed by atoms with Crippen molar-refractivity contribution in [3.05, 3.63) is 23.8 Å². The van der Waals surface area contributed by atoms with Gasteiger partial charge in [-0.3, -0.25) is 9.78 Å². The van der Waals surface area contributed by atoms with Crippen molar-refractivity contribution in [2.75, 3.05) is 0 Å². The molecule has 3 nitrogen and oxygen atoms in total. The first-order valence-electron chi connectivity index (χ1n) is 2.79. The van der Waals surface area contributed by atoms with Gasteiger partial charge in [-0.1, -0.05) is 0 Å². The van der Waals surface area contributed by atoms with Crippen LogP contribution >= 0.6 is 0 Å². The van der Waals surface area contributed by atoms with Crippen molar-refractivity contribution in [1.29, 1.82) is 0 Å². The molecule has 1 heterocycles. The number of halogens is 2. The lowest BCUT2D eigenvalue weighted by Crippen LogP contribution is -1.94. The Morgan fingerprint density at radius 1 is 1.36 bits per heavy atom. The largest absolute Gasteiger partial charge is 0.296 e. The Kier molecular flexibility index (Phi) is 2.20. The lowest BCUT2D eigenvalue weighted by atomic mass is 10.4. The van der Waals surface area contributed by atoms with Crippen molar-refractivity contribution < 1.29 is 13.6 Å². The SMILES string of the molecule is O=Cc1cnc(C(F)F)cn1. The Hall–Kier alpha value is -1.39. The lowest BCUT2D eigenvalue weighted by Gasteiger charge is -1.95. The van der Waals surface area contributed by atoms with Crippen LogP contribution in [0, 0.1) is 0 Å². The Morgan fingerprint density at radius 2 is 2.09 bits per heavy atom. The summed E-state index contributed by atoms with van der Waals surface area (Å²) >= 11 is 0. The fourth-order valence-electron chi connectivity index (χ4n) is 0.522. The van der Waals surface area contributed by atoms with Gasteiger partial charge in [0.2, 0.25) is 0 Å². The van der Waals surface area contributed by atoms with E-state index in [-0.39, 0.29) is 5.69 Å². The topological polar surface area (TPSA) is 42.9 Å². The molecule has 0 aliphatic carbocycles. The minimum absolute atomic E-state index is 0.0504. The van der Waals surface area contributed by atoms with Crippen molar-refractivity contribution in [3.63, 3.8) is 0 Å². The molecule has 11 heavy (non-hydrogen) atoms. The van der Waals surface area contributed by atoms with Crippen LogP contribution in [0.1, 0.15) is 22.6 Å². The van der Waals surface area contributed by atoms with Crippen molar-refractivity contribution in [3.8, 4) is 0 Å². The summed E-state index contributed by atoms with van der Waals surface area (Å²) in [4.78, 5) is 16.7. The fraction of sp³-hybridized carbons (Fsp3) is 0.167. The molecule has 0 amide bonds. The van der Waals surface area contributed by atoms with Gasteiger partial charge in [0.25, 0.3) is 6.43 Å². The van der Waals surface area contributed by atoms with Crippen LogP contribution in [0.4, 0.5) is 8.78 Å². The molecule has 5 heteroatoms. The maximum Gasteiger partial charge on any atom is 0.281 e. The van der Waals surface area contributed by atoms with Gasteiger partial charge in [0.15, 0.2) is 6.29 Å². The molecule has 0 saturated carbocycles. The monoisotopic (exact) mass is 158 g/mol. The molecule has 58 valence electrons. The molecular formula is C6H4F2N2O. The van der Waals surface area contributed by atoms with E-state index < -0.39 is 12.1 Å². The maximum atomic E-state index is 11.8. The standard InChI is InChI=1S/C6H4F2N2O/c7-6(8)5-2-9-4(3-11)1-10-5/h1-3,6H. The summed E-state index contributed by atoms with van der Waals surface area (Å²) < 4.78 is 23.6. The zero-order valence-electron chi connectivity index (χ0n) is 5.37. The molecule has 0 aliphatic heterocycles. The number of carbonyl (C=O) groups excluding carboxylic acids is 1. The van der Waals surface area contributed by atoms with Crippen molar-refractivity contribution in [1.82, 2.24) is 9.97 Å². The predicted molar refractivity (Wildman–Crippen MR) is 32.4 cm³/mol. The average Bonchev–Trinajstić information content (AvgIpc) is 2.05. The Balaban J connectivity index is 2.91. The number of rotatable bonds is 2. The zero-order valence-corrected chi connectivity index (χ0v) is 5.37. The molecule has 0 aromatic carbocycles. The van der Waals surface area contributed by atoms with Gasteiger partial charge in [0, 0.05) is 0 Å². The number of nitrogens with zero attached hydrogens (tertiary/aromatic N) is 2. The van der Waals surface area contributed by atoms with Gasteiger partial charge in [-0.15, -0.1) is 0 Å². The minimum atomic E-state index is -2.64. The Morgan fingerprint density at radius 3 is 2.45 bits per heavy atom. The third kappa shape index (κ3) is 1.76. The van der Waals surface area contributed by atoms with Crippen LogP contribution in [0.3, 0.4) is 0 Å². The van der Waals surface area contributed by atoms with E-state index >= 15 is 0 Å². The third-order valence-electron chi connectivity index (χ3n) is 1.04. The zero-order chi connectivity index (χ0) is 8.27. The Bertz CT molecular complexity index is 247. The number of carbonyl (C=O) groups is 1. The van der Waals surface area contributed by atoms with Crippen LogP contribution in [0.25, 0.3) is 0 Å². The molecule has 1 aromatic heterocycles. The van der Waals surface area contributed by atoms with Gasteiger partial charge in [-0.25, -0.2) is 13.8 Å². The molecule has 0 fully saturated rings. The number of hydrogen-bond donors (Lipinski definition) is 0. The average molecular weight is 158 g/mol. The number of aldehydes is 1. The van der Waals surface area contributed by atoms with Gasteiger partial charge >= 0.3 is 0 Å². The second-order valence-corrected chi connectivity index (χ2v) is 1.78. The first-order valence-corrected chi connectivity index (χ1v) is 2.79. The predicted octanol–water partition coefficient (Wildman–Crippen LogP) is 1.23. The molecule has 0 bridgehead atoms. The van der Waals surface area contributed by atoms with Crippen LogP contribution in [0.5, 0.6) is 0 Å². The first kappa shape index (κ1) is 7.71. The molecule has 0 N–H and O–H groups in total. The molecule has 0 atom stereocenters. The highest BCUT2D eigenvalue weighted by Crippen LogP contribution is 2.13. The van der Waals surface area contributed by atoms with Gasteiger partial charge in [0.05, 0.1) is 12.4 Å². The van der Waals surface area contributed by atoms with Gasteiger partial charge in [-0.2, -0.15) is 0 Å². The van der Waals surface area contributed by atoms with Crippen LogP contribution in [-0.2, 0) is 0 Å². The van der Waals surface area contributed by atoms with Crippen molar-refractivity contribution in [2.45, 2.75) is 6.43 Å². The van der Waals surface area contributed by atoms with E-state index in [9.17, 15) is 13.6 Å². The molecule has 0 spiro atoms. The van der Waals surface area contributed by atoms with E-state index in [2.05, 4.69) is 9.97 Å². The number of hydrogen-bond acceptors (Lipinski definition) is 3. The summed E-state index contributed by atoms with van der Waals surface area (Å²) in [6.07, 6.45) is -0.297. The van der Waals surface area contributed by atoms with Crippen LogP contribution in [-0.4, -0.2) is 16.3 Å². The van der Waals surface area contributed by atoms with Crippen molar-refractivity contribution in [2.24, 2.45) is 0 Å². The summed E-state index contributed by atoms with van der Waals surface area (Å²) in [5.74, 6) is 0. The maximum absolute atomic E-state index is 11.8. The smallest absolute Gasteiger partial charge is 0.281 e. The second-order valence-electron chi connectivity index (χ2n) is 1.78. The summed E-state index contributed by atoms with van der Waals surface area (Å²) in [5.41, 5.74) is -0.370. The summed E-state index contributed by atoms with van der Waals surface area (Å²) in [6.45, 7) is 0. The van der Waals surface area contributed by atoms with Crippen LogP contribution in [0.2, 0.25) is 0 Å². The highest BCUT2D eigenvalue weighted by atomic mass is 19.3. The van der Waals surface area contributed by atoms with E-state index in [1.54, 1.807) is 0 Å². The molecular weight excluding hydrogens is 154 g/mol. The van der Waals surface area contributed by atoms with Crippen LogP contribution < -0.4 is 0 Å².